The van der Waals surface area contributed by atoms with E-state index in [4.69, 9.17) is 4.74 Å². The summed E-state index contributed by atoms with van der Waals surface area (Å²) >= 11 is 0. The maximum atomic E-state index is 12.6. The highest BCUT2D eigenvalue weighted by atomic mass is 16.5. The number of imidazole rings is 1. The first-order valence-corrected chi connectivity index (χ1v) is 9.13. The minimum atomic E-state index is 0.134. The Balaban J connectivity index is 1.51. The highest BCUT2D eigenvalue weighted by molar-refractivity contribution is 5.78. The van der Waals surface area contributed by atoms with Crippen molar-refractivity contribution < 1.29 is 9.53 Å². The molecule has 0 bridgehead atoms. The summed E-state index contributed by atoms with van der Waals surface area (Å²) in [6, 6.07) is 0. The fraction of sp³-hybridized carbons (Fsp3) is 0.778. The van der Waals surface area contributed by atoms with Crippen LogP contribution in [0.4, 0.5) is 0 Å². The van der Waals surface area contributed by atoms with Crippen molar-refractivity contribution in [1.82, 2.24) is 19.4 Å². The van der Waals surface area contributed by atoms with Crippen LogP contribution in [0.5, 0.6) is 0 Å². The number of nitrogens with zero attached hydrogens (tertiary/aromatic N) is 4. The molecule has 2 saturated heterocycles. The number of amides is 1. The number of morpholine rings is 1. The second kappa shape index (κ2) is 7.66. The van der Waals surface area contributed by atoms with Gasteiger partial charge in [-0.15, -0.1) is 0 Å². The van der Waals surface area contributed by atoms with E-state index >= 15 is 0 Å². The Morgan fingerprint density at radius 1 is 1.29 bits per heavy atom. The number of aryl methyl sites for hydroxylation is 1. The van der Waals surface area contributed by atoms with Gasteiger partial charge < -0.3 is 14.2 Å². The molecule has 1 aromatic heterocycles. The molecule has 3 rings (SSSR count). The van der Waals surface area contributed by atoms with Crippen LogP contribution in [-0.2, 0) is 23.0 Å². The lowest BCUT2D eigenvalue weighted by atomic mass is 9.94. The van der Waals surface area contributed by atoms with Crippen molar-refractivity contribution in [3.8, 4) is 0 Å². The predicted octanol–water partition coefficient (Wildman–Crippen LogP) is 1.31. The molecule has 24 heavy (non-hydrogen) atoms. The predicted molar refractivity (Wildman–Crippen MR) is 92.7 cm³/mol. The van der Waals surface area contributed by atoms with Crippen LogP contribution < -0.4 is 0 Å². The van der Waals surface area contributed by atoms with E-state index in [1.165, 1.54) is 6.42 Å². The van der Waals surface area contributed by atoms with Crippen molar-refractivity contribution in [1.29, 1.82) is 0 Å². The van der Waals surface area contributed by atoms with Crippen LogP contribution in [0, 0.1) is 5.92 Å². The molecular formula is C18H30N4O2. The zero-order valence-electron chi connectivity index (χ0n) is 15.1. The van der Waals surface area contributed by atoms with Gasteiger partial charge in [0, 0.05) is 45.5 Å². The smallest absolute Gasteiger partial charge is 0.236 e. The third-order valence-electron chi connectivity index (χ3n) is 5.13. The highest BCUT2D eigenvalue weighted by Gasteiger charge is 2.28. The molecule has 2 aliphatic rings. The lowest BCUT2D eigenvalue weighted by molar-refractivity contribution is -0.144. The van der Waals surface area contributed by atoms with Gasteiger partial charge in [-0.05, 0) is 39.2 Å². The number of piperidine rings is 1. The first-order chi connectivity index (χ1) is 11.5. The molecule has 3 atom stereocenters. The summed E-state index contributed by atoms with van der Waals surface area (Å²) in [6.07, 6.45) is 7.52. The Bertz CT molecular complexity index is 549. The number of ether oxygens (including phenoxy) is 1. The van der Waals surface area contributed by atoms with Crippen molar-refractivity contribution >= 4 is 5.91 Å². The molecule has 2 fully saturated rings. The zero-order chi connectivity index (χ0) is 17.1. The van der Waals surface area contributed by atoms with E-state index < -0.39 is 0 Å². The lowest BCUT2D eigenvalue weighted by Crippen LogP contribution is -2.52. The van der Waals surface area contributed by atoms with Crippen LogP contribution in [0.2, 0.25) is 0 Å². The topological polar surface area (TPSA) is 50.6 Å². The molecule has 2 aliphatic heterocycles. The van der Waals surface area contributed by atoms with Crippen molar-refractivity contribution in [2.75, 3.05) is 32.7 Å². The second-order valence-electron chi connectivity index (χ2n) is 7.46. The van der Waals surface area contributed by atoms with E-state index in [0.29, 0.717) is 25.6 Å². The highest BCUT2D eigenvalue weighted by Crippen LogP contribution is 2.20. The summed E-state index contributed by atoms with van der Waals surface area (Å²) in [4.78, 5) is 21.4. The number of aromatic nitrogens is 2. The van der Waals surface area contributed by atoms with Gasteiger partial charge in [0.05, 0.1) is 18.8 Å². The maximum Gasteiger partial charge on any atom is 0.236 e. The van der Waals surface area contributed by atoms with Gasteiger partial charge in [-0.2, -0.15) is 0 Å². The normalized spacial score (nSPS) is 29.0. The minimum Gasteiger partial charge on any atom is -0.372 e. The van der Waals surface area contributed by atoms with Crippen LogP contribution in [0.1, 0.15) is 32.5 Å². The Morgan fingerprint density at radius 2 is 2.04 bits per heavy atom. The molecular weight excluding hydrogens is 304 g/mol. The average Bonchev–Trinajstić information content (AvgIpc) is 2.92. The van der Waals surface area contributed by atoms with Crippen LogP contribution in [0.25, 0.3) is 0 Å². The Kier molecular flexibility index (Phi) is 5.56. The maximum absolute atomic E-state index is 12.6. The second-order valence-corrected chi connectivity index (χ2v) is 7.46. The number of likely N-dealkylation sites (tertiary alicyclic amines) is 1. The molecule has 6 nitrogen and oxygen atoms in total. The SMILES string of the molecule is CC1CN(C(=O)CN2CCCC(Cc3nccn3C)C2)CC(C)O1. The van der Waals surface area contributed by atoms with Crippen LogP contribution in [0.3, 0.4) is 0 Å². The van der Waals surface area contributed by atoms with Gasteiger partial charge in [-0.1, -0.05) is 0 Å². The number of hydrogen-bond donors (Lipinski definition) is 0. The van der Waals surface area contributed by atoms with E-state index in [1.807, 2.05) is 38.2 Å². The number of rotatable bonds is 4. The summed E-state index contributed by atoms with van der Waals surface area (Å²) in [5, 5.41) is 0. The number of carbonyl (C=O) groups is 1. The molecule has 0 N–H and O–H groups in total. The molecule has 0 saturated carbocycles. The zero-order valence-corrected chi connectivity index (χ0v) is 15.1. The van der Waals surface area contributed by atoms with Crippen molar-refractivity contribution in [3.63, 3.8) is 0 Å². The quantitative estimate of drug-likeness (QED) is 0.833. The van der Waals surface area contributed by atoms with E-state index in [-0.39, 0.29) is 18.1 Å². The van der Waals surface area contributed by atoms with Gasteiger partial charge in [-0.3, -0.25) is 9.69 Å². The fourth-order valence-corrected chi connectivity index (χ4v) is 3.99. The molecule has 1 aromatic rings. The molecule has 3 unspecified atom stereocenters. The Morgan fingerprint density at radius 3 is 2.71 bits per heavy atom. The number of carbonyl (C=O) groups excluding carboxylic acids is 1. The molecule has 3 heterocycles. The molecule has 0 spiro atoms. The van der Waals surface area contributed by atoms with Crippen molar-refractivity contribution in [2.45, 2.75) is 45.3 Å². The molecule has 1 amide bonds. The molecule has 0 radical (unpaired) electrons. The molecule has 6 heteroatoms. The summed E-state index contributed by atoms with van der Waals surface area (Å²) in [6.45, 7) is 8.07. The van der Waals surface area contributed by atoms with Crippen LogP contribution in [-0.4, -0.2) is 70.2 Å². The largest absolute Gasteiger partial charge is 0.372 e. The minimum absolute atomic E-state index is 0.134. The summed E-state index contributed by atoms with van der Waals surface area (Å²) in [7, 11) is 2.05. The van der Waals surface area contributed by atoms with E-state index in [0.717, 1.165) is 31.8 Å². The monoisotopic (exact) mass is 334 g/mol. The first kappa shape index (κ1) is 17.4. The van der Waals surface area contributed by atoms with Gasteiger partial charge in [0.15, 0.2) is 0 Å². The van der Waals surface area contributed by atoms with E-state index in [2.05, 4.69) is 14.5 Å². The standard InChI is InChI=1S/C18H30N4O2/c1-14-10-22(11-15(2)24-14)18(23)13-21-7-4-5-16(12-21)9-17-19-6-8-20(17)3/h6,8,14-16H,4-5,7,9-13H2,1-3H3. The Labute approximate surface area is 144 Å². The summed E-state index contributed by atoms with van der Waals surface area (Å²) in [5.41, 5.74) is 0. The lowest BCUT2D eigenvalue weighted by Gasteiger charge is -2.38. The molecule has 134 valence electrons. The van der Waals surface area contributed by atoms with E-state index in [9.17, 15) is 4.79 Å². The Hall–Kier alpha value is -1.40. The van der Waals surface area contributed by atoms with Crippen LogP contribution >= 0.6 is 0 Å². The first-order valence-electron chi connectivity index (χ1n) is 9.13. The van der Waals surface area contributed by atoms with Crippen molar-refractivity contribution in [2.24, 2.45) is 13.0 Å². The number of hydrogen-bond acceptors (Lipinski definition) is 4. The van der Waals surface area contributed by atoms with Crippen molar-refractivity contribution in [3.05, 3.63) is 18.2 Å². The molecule has 0 aromatic carbocycles. The fourth-order valence-electron chi connectivity index (χ4n) is 3.99. The van der Waals surface area contributed by atoms with Gasteiger partial charge in [0.25, 0.3) is 0 Å². The van der Waals surface area contributed by atoms with E-state index in [1.54, 1.807) is 0 Å². The third kappa shape index (κ3) is 4.36. The molecule has 0 aliphatic carbocycles. The van der Waals surface area contributed by atoms with Gasteiger partial charge in [-0.25, -0.2) is 4.98 Å². The summed E-state index contributed by atoms with van der Waals surface area (Å²) in [5.74, 6) is 1.98. The van der Waals surface area contributed by atoms with Gasteiger partial charge in [0.1, 0.15) is 5.82 Å². The van der Waals surface area contributed by atoms with Crippen LogP contribution in [0.15, 0.2) is 12.4 Å². The van der Waals surface area contributed by atoms with Gasteiger partial charge in [0.2, 0.25) is 5.91 Å². The summed E-state index contributed by atoms with van der Waals surface area (Å²) < 4.78 is 7.82. The van der Waals surface area contributed by atoms with Gasteiger partial charge >= 0.3 is 0 Å². The average molecular weight is 334 g/mol. The third-order valence-corrected chi connectivity index (χ3v) is 5.13.